The largest absolute Gasteiger partial charge is 0.355 e. The second-order valence-corrected chi connectivity index (χ2v) is 9.38. The molecule has 3 rings (SSSR count). The average molecular weight is 520 g/mol. The number of halogens is 1. The van der Waals surface area contributed by atoms with Gasteiger partial charge in [0.2, 0.25) is 21.7 Å². The Bertz CT molecular complexity index is 1330. The van der Waals surface area contributed by atoms with Crippen molar-refractivity contribution in [2.75, 3.05) is 23.8 Å². The average Bonchev–Trinajstić information content (AvgIpc) is 2.83. The minimum Gasteiger partial charge on any atom is -0.334 e. The van der Waals surface area contributed by atoms with Crippen LogP contribution in [0.1, 0.15) is 24.2 Å². The molecule has 0 saturated carbocycles. The molecule has 1 heterocycles. The minimum atomic E-state index is -3.65. The lowest BCUT2D eigenvalue weighted by atomic mass is 10.2. The van der Waals surface area contributed by atoms with Crippen molar-refractivity contribution >= 4 is 50.5 Å². The molecule has 12 nitrogen and oxygen atoms in total. The number of carbonyl (C=O) groups excluding carboxylic acids is 1. The van der Waals surface area contributed by atoms with Crippen molar-refractivity contribution in [2.45, 2.75) is 18.7 Å². The lowest BCUT2D eigenvalue weighted by Crippen LogP contribution is -2.30. The van der Waals surface area contributed by atoms with Gasteiger partial charge in [0.1, 0.15) is 6.33 Å². The van der Waals surface area contributed by atoms with Crippen LogP contribution in [-0.2, 0) is 10.0 Å². The highest BCUT2D eigenvalue weighted by atomic mass is 35.5. The van der Waals surface area contributed by atoms with E-state index in [-0.39, 0.29) is 22.1 Å². The summed E-state index contributed by atoms with van der Waals surface area (Å²) in [5, 5.41) is 14.9. The summed E-state index contributed by atoms with van der Waals surface area (Å²) in [6, 6.07) is 11.9. The molecule has 0 saturated heterocycles. The van der Waals surface area contributed by atoms with Crippen molar-refractivity contribution in [2.24, 2.45) is 0 Å². The van der Waals surface area contributed by atoms with E-state index in [9.17, 15) is 23.3 Å². The molecule has 0 aliphatic carbocycles. The van der Waals surface area contributed by atoms with Crippen molar-refractivity contribution in [1.82, 2.24) is 19.7 Å². The molecule has 0 bridgehead atoms. The van der Waals surface area contributed by atoms with Crippen LogP contribution < -0.4 is 16.2 Å². The Balaban J connectivity index is 1.81. The predicted molar refractivity (Wildman–Crippen MR) is 131 cm³/mol. The van der Waals surface area contributed by atoms with Gasteiger partial charge >= 0.3 is 5.69 Å². The van der Waals surface area contributed by atoms with Crippen LogP contribution in [0.3, 0.4) is 0 Å². The molecule has 0 fully saturated rings. The highest BCUT2D eigenvalue weighted by Crippen LogP contribution is 2.31. The Morgan fingerprint density at radius 1 is 1.09 bits per heavy atom. The third-order valence-electron chi connectivity index (χ3n) is 4.85. The summed E-state index contributed by atoms with van der Waals surface area (Å²) >= 11 is 5.88. The molecule has 184 valence electrons. The van der Waals surface area contributed by atoms with Gasteiger partial charge in [0.25, 0.3) is 5.91 Å². The highest BCUT2D eigenvalue weighted by molar-refractivity contribution is 7.89. The first-order valence-electron chi connectivity index (χ1n) is 10.4. The monoisotopic (exact) mass is 519 g/mol. The van der Waals surface area contributed by atoms with Gasteiger partial charge in [0.05, 0.1) is 9.82 Å². The van der Waals surface area contributed by atoms with E-state index in [0.29, 0.717) is 23.8 Å². The molecule has 1 aromatic heterocycles. The van der Waals surface area contributed by atoms with E-state index >= 15 is 0 Å². The molecular formula is C21H22ClN7O5S. The van der Waals surface area contributed by atoms with E-state index in [1.54, 1.807) is 26.0 Å². The number of hydrogen-bond acceptors (Lipinski definition) is 9. The zero-order valence-corrected chi connectivity index (χ0v) is 20.3. The quantitative estimate of drug-likeness (QED) is 0.268. The first kappa shape index (κ1) is 25.8. The molecule has 0 aliphatic heterocycles. The van der Waals surface area contributed by atoms with E-state index in [4.69, 9.17) is 11.6 Å². The first-order chi connectivity index (χ1) is 16.7. The number of benzene rings is 2. The third-order valence-corrected chi connectivity index (χ3v) is 7.15. The highest BCUT2D eigenvalue weighted by Gasteiger charge is 2.25. The molecule has 35 heavy (non-hydrogen) atoms. The maximum absolute atomic E-state index is 12.6. The van der Waals surface area contributed by atoms with Crippen LogP contribution in [0.25, 0.3) is 0 Å². The van der Waals surface area contributed by atoms with Crippen molar-refractivity contribution in [3.63, 3.8) is 0 Å². The van der Waals surface area contributed by atoms with Crippen molar-refractivity contribution in [3.05, 3.63) is 75.6 Å². The Labute approximate surface area is 206 Å². The number of rotatable bonds is 10. The molecule has 0 unspecified atom stereocenters. The van der Waals surface area contributed by atoms with Crippen LogP contribution in [0.4, 0.5) is 23.0 Å². The van der Waals surface area contributed by atoms with Gasteiger partial charge in [-0.15, -0.1) is 0 Å². The number of hydrazine groups is 1. The fourth-order valence-corrected chi connectivity index (χ4v) is 4.76. The molecule has 3 N–H and O–H groups in total. The zero-order chi connectivity index (χ0) is 25.6. The second-order valence-electron chi connectivity index (χ2n) is 7.00. The number of nitrogens with one attached hydrogen (secondary N) is 3. The van der Waals surface area contributed by atoms with Gasteiger partial charge < -0.3 is 5.32 Å². The molecule has 0 aliphatic rings. The number of hydrogen-bond donors (Lipinski definition) is 3. The molecule has 14 heteroatoms. The first-order valence-corrected chi connectivity index (χ1v) is 12.2. The van der Waals surface area contributed by atoms with Gasteiger partial charge in [0.15, 0.2) is 0 Å². The molecule has 3 aromatic rings. The van der Waals surface area contributed by atoms with Crippen LogP contribution in [0, 0.1) is 10.1 Å². The van der Waals surface area contributed by atoms with Crippen LogP contribution in [0.5, 0.6) is 0 Å². The number of aromatic nitrogens is 2. The van der Waals surface area contributed by atoms with Crippen molar-refractivity contribution in [3.8, 4) is 0 Å². The van der Waals surface area contributed by atoms with Gasteiger partial charge in [-0.3, -0.25) is 25.8 Å². The summed E-state index contributed by atoms with van der Waals surface area (Å²) in [6.45, 7) is 4.15. The number of amides is 1. The van der Waals surface area contributed by atoms with Crippen molar-refractivity contribution < 1.29 is 18.1 Å². The van der Waals surface area contributed by atoms with Gasteiger partial charge in [-0.2, -0.15) is 4.31 Å². The van der Waals surface area contributed by atoms with Crippen LogP contribution in [-0.4, -0.2) is 46.6 Å². The Kier molecular flexibility index (Phi) is 8.17. The van der Waals surface area contributed by atoms with E-state index in [1.807, 2.05) is 0 Å². The van der Waals surface area contributed by atoms with Gasteiger partial charge in [-0.05, 0) is 42.5 Å². The summed E-state index contributed by atoms with van der Waals surface area (Å²) in [5.41, 5.74) is 4.83. The van der Waals surface area contributed by atoms with Crippen LogP contribution in [0.2, 0.25) is 5.02 Å². The molecule has 2 aromatic carbocycles. The van der Waals surface area contributed by atoms with Gasteiger partial charge in [0, 0.05) is 29.4 Å². The maximum Gasteiger partial charge on any atom is 0.355 e. The van der Waals surface area contributed by atoms with E-state index < -0.39 is 26.5 Å². The SMILES string of the molecule is CCN(CC)S(=O)(=O)c1ccc(Nc2ncnc(NNC(=O)c3cccc(Cl)c3)c2[N+](=O)[O-])cc1. The molecule has 0 atom stereocenters. The molecule has 0 spiro atoms. The number of nitrogens with zero attached hydrogens (tertiary/aromatic N) is 4. The topological polar surface area (TPSA) is 159 Å². The fourth-order valence-electron chi connectivity index (χ4n) is 3.11. The van der Waals surface area contributed by atoms with Crippen LogP contribution >= 0.6 is 11.6 Å². The summed E-state index contributed by atoms with van der Waals surface area (Å²) in [5.74, 6) is -1.01. The van der Waals surface area contributed by atoms with E-state index in [2.05, 4.69) is 26.1 Å². The van der Waals surface area contributed by atoms with Crippen molar-refractivity contribution in [1.29, 1.82) is 0 Å². The summed E-state index contributed by atoms with van der Waals surface area (Å²) in [6.07, 6.45) is 1.07. The zero-order valence-electron chi connectivity index (χ0n) is 18.7. The van der Waals surface area contributed by atoms with Crippen LogP contribution in [0.15, 0.2) is 59.8 Å². The number of carbonyl (C=O) groups is 1. The van der Waals surface area contributed by atoms with Gasteiger partial charge in [-0.1, -0.05) is 31.5 Å². The third kappa shape index (κ3) is 6.01. The summed E-state index contributed by atoms with van der Waals surface area (Å²) in [7, 11) is -3.65. The molecule has 1 amide bonds. The Morgan fingerprint density at radius 3 is 2.34 bits per heavy atom. The normalized spacial score (nSPS) is 11.2. The lowest BCUT2D eigenvalue weighted by Gasteiger charge is -2.18. The van der Waals surface area contributed by atoms with E-state index in [1.165, 1.54) is 40.7 Å². The minimum absolute atomic E-state index is 0.0926. The standard InChI is InChI=1S/C21H22ClN7O5S/c1-3-28(4-2)35(33,34)17-10-8-16(9-11-17)25-19-18(29(31)32)20(24-13-23-19)26-27-21(30)14-6-5-7-15(22)12-14/h5-13H,3-4H2,1-2H3,(H,27,30)(H2,23,24,25,26). The predicted octanol–water partition coefficient (Wildman–Crippen LogP) is 3.57. The fraction of sp³-hybridized carbons (Fsp3) is 0.190. The summed E-state index contributed by atoms with van der Waals surface area (Å²) < 4.78 is 26.6. The maximum atomic E-state index is 12.6. The number of anilines is 3. The molecule has 0 radical (unpaired) electrons. The molecular weight excluding hydrogens is 498 g/mol. The summed E-state index contributed by atoms with van der Waals surface area (Å²) in [4.78, 5) is 31.2. The number of sulfonamides is 1. The second kappa shape index (κ2) is 11.1. The number of nitro groups is 1. The lowest BCUT2D eigenvalue weighted by molar-refractivity contribution is -0.383. The Hall–Kier alpha value is -3.81. The Morgan fingerprint density at radius 2 is 1.74 bits per heavy atom. The smallest absolute Gasteiger partial charge is 0.334 e. The van der Waals surface area contributed by atoms with E-state index in [0.717, 1.165) is 6.33 Å². The van der Waals surface area contributed by atoms with Gasteiger partial charge in [-0.25, -0.2) is 18.4 Å².